The Labute approximate surface area is 104 Å². The molecule has 2 heteroatoms. The van der Waals surface area contributed by atoms with Crippen molar-refractivity contribution < 1.29 is 4.74 Å². The van der Waals surface area contributed by atoms with Crippen molar-refractivity contribution in [2.24, 2.45) is 0 Å². The van der Waals surface area contributed by atoms with E-state index in [9.17, 15) is 0 Å². The molecule has 0 saturated heterocycles. The van der Waals surface area contributed by atoms with Gasteiger partial charge in [0.2, 0.25) is 0 Å². The molecule has 2 rings (SSSR count). The van der Waals surface area contributed by atoms with Gasteiger partial charge in [-0.05, 0) is 57.3 Å². The molecule has 0 aliphatic heterocycles. The highest BCUT2D eigenvalue weighted by Gasteiger charge is 2.38. The molecule has 1 aliphatic rings. The van der Waals surface area contributed by atoms with Crippen molar-refractivity contribution in [1.29, 1.82) is 0 Å². The van der Waals surface area contributed by atoms with Crippen LogP contribution in [-0.2, 0) is 0 Å². The molecule has 1 N–H and O–H groups in total. The number of hydrogen-bond acceptors (Lipinski definition) is 2. The van der Waals surface area contributed by atoms with Crippen molar-refractivity contribution in [2.75, 3.05) is 13.1 Å². The van der Waals surface area contributed by atoms with Gasteiger partial charge in [-0.15, -0.1) is 0 Å². The smallest absolute Gasteiger partial charge is 0.123 e. The predicted molar refractivity (Wildman–Crippen MR) is 71.5 cm³/mol. The standard InChI is InChI=1S/C15H23NO/c1-3-16-12-11-15(9-6-10-15)17-14-8-5-4-7-13(14)2/h4-5,7-8,16H,3,6,9-12H2,1-2H3. The minimum Gasteiger partial charge on any atom is -0.487 e. The highest BCUT2D eigenvalue weighted by molar-refractivity contribution is 5.32. The van der Waals surface area contributed by atoms with Gasteiger partial charge in [-0.3, -0.25) is 0 Å². The summed E-state index contributed by atoms with van der Waals surface area (Å²) in [5.74, 6) is 1.06. The highest BCUT2D eigenvalue weighted by Crippen LogP contribution is 2.39. The lowest BCUT2D eigenvalue weighted by atomic mass is 9.77. The first kappa shape index (κ1) is 12.4. The minimum absolute atomic E-state index is 0.105. The number of aryl methyl sites for hydroxylation is 1. The second-order valence-electron chi connectivity index (χ2n) is 5.01. The third kappa shape index (κ3) is 3.01. The monoisotopic (exact) mass is 233 g/mol. The van der Waals surface area contributed by atoms with E-state index in [0.29, 0.717) is 0 Å². The molecule has 0 amide bonds. The fourth-order valence-corrected chi connectivity index (χ4v) is 2.37. The van der Waals surface area contributed by atoms with Crippen LogP contribution in [0, 0.1) is 6.92 Å². The fraction of sp³-hybridized carbons (Fsp3) is 0.600. The Morgan fingerprint density at radius 2 is 2.06 bits per heavy atom. The van der Waals surface area contributed by atoms with Crippen LogP contribution in [0.1, 0.15) is 38.2 Å². The maximum atomic E-state index is 6.28. The second kappa shape index (κ2) is 5.54. The number of para-hydroxylation sites is 1. The first-order valence-corrected chi connectivity index (χ1v) is 6.71. The summed E-state index contributed by atoms with van der Waals surface area (Å²) in [5, 5.41) is 3.39. The van der Waals surface area contributed by atoms with Gasteiger partial charge in [-0.25, -0.2) is 0 Å². The van der Waals surface area contributed by atoms with Crippen LogP contribution in [0.25, 0.3) is 0 Å². The molecule has 94 valence electrons. The molecule has 1 fully saturated rings. The predicted octanol–water partition coefficient (Wildman–Crippen LogP) is 3.30. The zero-order chi connectivity index (χ0) is 12.1. The van der Waals surface area contributed by atoms with Crippen LogP contribution in [-0.4, -0.2) is 18.7 Å². The molecule has 0 heterocycles. The van der Waals surface area contributed by atoms with Crippen molar-refractivity contribution in [3.8, 4) is 5.75 Å². The number of ether oxygens (including phenoxy) is 1. The van der Waals surface area contributed by atoms with E-state index in [0.717, 1.165) is 25.3 Å². The molecule has 1 aromatic carbocycles. The molecular formula is C15H23NO. The van der Waals surface area contributed by atoms with Crippen LogP contribution < -0.4 is 10.1 Å². The fourth-order valence-electron chi connectivity index (χ4n) is 2.37. The molecular weight excluding hydrogens is 210 g/mol. The third-order valence-corrected chi connectivity index (χ3v) is 3.69. The first-order valence-electron chi connectivity index (χ1n) is 6.71. The van der Waals surface area contributed by atoms with Gasteiger partial charge in [-0.2, -0.15) is 0 Å². The maximum absolute atomic E-state index is 6.28. The van der Waals surface area contributed by atoms with Crippen LogP contribution in [0.15, 0.2) is 24.3 Å². The summed E-state index contributed by atoms with van der Waals surface area (Å²) in [7, 11) is 0. The Bertz CT molecular complexity index is 358. The third-order valence-electron chi connectivity index (χ3n) is 3.69. The van der Waals surface area contributed by atoms with E-state index in [2.05, 4.69) is 43.4 Å². The van der Waals surface area contributed by atoms with Gasteiger partial charge in [0.25, 0.3) is 0 Å². The van der Waals surface area contributed by atoms with Gasteiger partial charge in [0.1, 0.15) is 11.4 Å². The average molecular weight is 233 g/mol. The van der Waals surface area contributed by atoms with E-state index in [4.69, 9.17) is 4.74 Å². The molecule has 0 radical (unpaired) electrons. The lowest BCUT2D eigenvalue weighted by Gasteiger charge is -2.42. The molecule has 0 spiro atoms. The van der Waals surface area contributed by atoms with Crippen molar-refractivity contribution in [1.82, 2.24) is 5.32 Å². The Morgan fingerprint density at radius 1 is 1.29 bits per heavy atom. The van der Waals surface area contributed by atoms with Crippen LogP contribution >= 0.6 is 0 Å². The minimum atomic E-state index is 0.105. The van der Waals surface area contributed by atoms with Crippen molar-refractivity contribution >= 4 is 0 Å². The van der Waals surface area contributed by atoms with Gasteiger partial charge in [0, 0.05) is 0 Å². The Balaban J connectivity index is 1.97. The number of hydrogen-bond donors (Lipinski definition) is 1. The van der Waals surface area contributed by atoms with Crippen LogP contribution in [0.4, 0.5) is 0 Å². The normalized spacial score (nSPS) is 17.5. The lowest BCUT2D eigenvalue weighted by molar-refractivity contribution is -0.0146. The molecule has 2 nitrogen and oxygen atoms in total. The number of nitrogens with one attached hydrogen (secondary N) is 1. The molecule has 0 unspecified atom stereocenters. The van der Waals surface area contributed by atoms with Gasteiger partial charge < -0.3 is 10.1 Å². The Hall–Kier alpha value is -1.02. The van der Waals surface area contributed by atoms with Gasteiger partial charge in [-0.1, -0.05) is 25.1 Å². The molecule has 0 bridgehead atoms. The Kier molecular flexibility index (Phi) is 4.06. The van der Waals surface area contributed by atoms with Crippen LogP contribution in [0.2, 0.25) is 0 Å². The molecule has 0 aromatic heterocycles. The maximum Gasteiger partial charge on any atom is 0.123 e. The number of benzene rings is 1. The van der Waals surface area contributed by atoms with E-state index in [-0.39, 0.29) is 5.60 Å². The van der Waals surface area contributed by atoms with Gasteiger partial charge in [0.15, 0.2) is 0 Å². The van der Waals surface area contributed by atoms with Crippen molar-refractivity contribution in [3.05, 3.63) is 29.8 Å². The molecule has 1 aliphatic carbocycles. The first-order chi connectivity index (χ1) is 8.26. The SMILES string of the molecule is CCNCCC1(Oc2ccccc2C)CCC1. The van der Waals surface area contributed by atoms with Crippen LogP contribution in [0.3, 0.4) is 0 Å². The summed E-state index contributed by atoms with van der Waals surface area (Å²) in [5.41, 5.74) is 1.34. The Morgan fingerprint density at radius 3 is 2.65 bits per heavy atom. The summed E-state index contributed by atoms with van der Waals surface area (Å²) in [6, 6.07) is 8.32. The molecule has 17 heavy (non-hydrogen) atoms. The summed E-state index contributed by atoms with van der Waals surface area (Å²) >= 11 is 0. The number of rotatable bonds is 6. The second-order valence-corrected chi connectivity index (χ2v) is 5.01. The highest BCUT2D eigenvalue weighted by atomic mass is 16.5. The topological polar surface area (TPSA) is 21.3 Å². The molecule has 1 aromatic rings. The summed E-state index contributed by atoms with van der Waals surface area (Å²) in [6.45, 7) is 6.37. The zero-order valence-electron chi connectivity index (χ0n) is 11.0. The van der Waals surface area contributed by atoms with Crippen molar-refractivity contribution in [2.45, 2.75) is 45.1 Å². The zero-order valence-corrected chi connectivity index (χ0v) is 11.0. The van der Waals surface area contributed by atoms with Gasteiger partial charge >= 0.3 is 0 Å². The summed E-state index contributed by atoms with van der Waals surface area (Å²) < 4.78 is 6.28. The van der Waals surface area contributed by atoms with E-state index in [1.54, 1.807) is 0 Å². The summed E-state index contributed by atoms with van der Waals surface area (Å²) in [6.07, 6.45) is 4.83. The van der Waals surface area contributed by atoms with E-state index < -0.39 is 0 Å². The quantitative estimate of drug-likeness (QED) is 0.761. The lowest BCUT2D eigenvalue weighted by Crippen LogP contribution is -2.45. The van der Waals surface area contributed by atoms with Crippen molar-refractivity contribution in [3.63, 3.8) is 0 Å². The summed E-state index contributed by atoms with van der Waals surface area (Å²) in [4.78, 5) is 0. The van der Waals surface area contributed by atoms with Gasteiger partial charge in [0.05, 0.1) is 0 Å². The van der Waals surface area contributed by atoms with Crippen LogP contribution in [0.5, 0.6) is 5.75 Å². The molecule has 0 atom stereocenters. The largest absolute Gasteiger partial charge is 0.487 e. The van der Waals surface area contributed by atoms with E-state index in [1.165, 1.54) is 24.8 Å². The molecule has 1 saturated carbocycles. The van der Waals surface area contributed by atoms with E-state index in [1.807, 2.05) is 0 Å². The average Bonchev–Trinajstić information content (AvgIpc) is 2.28. The van der Waals surface area contributed by atoms with E-state index >= 15 is 0 Å².